The van der Waals surface area contributed by atoms with Crippen LogP contribution in [0.15, 0.2) is 30.5 Å². The largest absolute Gasteiger partial charge is 0.496 e. The zero-order valence-corrected chi connectivity index (χ0v) is 11.1. The number of benzene rings is 1. The molecular weight excluding hydrogens is 226 g/mol. The van der Waals surface area contributed by atoms with Gasteiger partial charge in [-0.3, -0.25) is 0 Å². The molecule has 4 nitrogen and oxygen atoms in total. The van der Waals surface area contributed by atoms with Crippen LogP contribution in [0.1, 0.15) is 0 Å². The van der Waals surface area contributed by atoms with E-state index in [1.54, 1.807) is 7.11 Å². The molecule has 0 bridgehead atoms. The van der Waals surface area contributed by atoms with Crippen LogP contribution in [0.4, 0.5) is 5.82 Å². The van der Waals surface area contributed by atoms with E-state index in [1.165, 1.54) is 0 Å². The van der Waals surface area contributed by atoms with Gasteiger partial charge in [0.1, 0.15) is 11.6 Å². The third kappa shape index (κ3) is 2.38. The molecule has 0 aliphatic carbocycles. The molecule has 0 atom stereocenters. The van der Waals surface area contributed by atoms with Crippen LogP contribution in [0.2, 0.25) is 0 Å². The highest BCUT2D eigenvalue weighted by molar-refractivity contribution is 5.96. The van der Waals surface area contributed by atoms with Crippen molar-refractivity contribution in [1.29, 1.82) is 0 Å². The Bertz CT molecular complexity index is 527. The van der Waals surface area contributed by atoms with E-state index in [-0.39, 0.29) is 0 Å². The second kappa shape index (κ2) is 5.69. The summed E-state index contributed by atoms with van der Waals surface area (Å²) in [5.74, 6) is 1.87. The minimum Gasteiger partial charge on any atom is -0.496 e. The number of ether oxygens (including phenoxy) is 1. The Kier molecular flexibility index (Phi) is 3.99. The van der Waals surface area contributed by atoms with E-state index in [0.29, 0.717) is 0 Å². The van der Waals surface area contributed by atoms with E-state index in [1.807, 2.05) is 31.4 Å². The number of hydrogen-bond donors (Lipinski definition) is 1. The number of methoxy groups -OCH3 is 1. The number of pyridine rings is 1. The Morgan fingerprint density at radius 1 is 1.28 bits per heavy atom. The Morgan fingerprint density at radius 2 is 2.11 bits per heavy atom. The van der Waals surface area contributed by atoms with Crippen LogP contribution in [0, 0.1) is 0 Å². The van der Waals surface area contributed by atoms with Crippen molar-refractivity contribution < 1.29 is 4.74 Å². The highest BCUT2D eigenvalue weighted by Gasteiger charge is 2.09. The Balaban J connectivity index is 2.45. The Labute approximate surface area is 108 Å². The van der Waals surface area contributed by atoms with Crippen LogP contribution in [-0.4, -0.2) is 39.3 Å². The predicted octanol–water partition coefficient (Wildman–Crippen LogP) is 1.90. The molecule has 0 fully saturated rings. The molecule has 4 heteroatoms. The molecule has 0 saturated carbocycles. The van der Waals surface area contributed by atoms with Crippen molar-refractivity contribution in [2.45, 2.75) is 0 Å². The van der Waals surface area contributed by atoms with Crippen molar-refractivity contribution in [1.82, 2.24) is 10.3 Å². The lowest BCUT2D eigenvalue weighted by Gasteiger charge is -2.20. The molecule has 1 N–H and O–H groups in total. The topological polar surface area (TPSA) is 37.4 Å². The first-order valence-electron chi connectivity index (χ1n) is 6.05. The molecule has 0 amide bonds. The third-order valence-electron chi connectivity index (χ3n) is 3.02. The summed E-state index contributed by atoms with van der Waals surface area (Å²) in [5, 5.41) is 5.36. The fourth-order valence-corrected chi connectivity index (χ4v) is 2.03. The highest BCUT2D eigenvalue weighted by Crippen LogP contribution is 2.30. The average Bonchev–Trinajstić information content (AvgIpc) is 2.43. The minimum atomic E-state index is 0.887. The van der Waals surface area contributed by atoms with Gasteiger partial charge in [-0.2, -0.15) is 0 Å². The first-order chi connectivity index (χ1) is 8.77. The molecule has 0 aliphatic rings. The number of hydrogen-bond acceptors (Lipinski definition) is 4. The van der Waals surface area contributed by atoms with Gasteiger partial charge in [0, 0.05) is 37.1 Å². The molecule has 1 aromatic carbocycles. The summed E-state index contributed by atoms with van der Waals surface area (Å²) in [6, 6.07) is 8.04. The number of nitrogens with zero attached hydrogens (tertiary/aromatic N) is 2. The van der Waals surface area contributed by atoms with Gasteiger partial charge < -0.3 is 15.0 Å². The van der Waals surface area contributed by atoms with Crippen molar-refractivity contribution >= 4 is 16.6 Å². The molecule has 96 valence electrons. The van der Waals surface area contributed by atoms with Crippen LogP contribution < -0.4 is 15.0 Å². The summed E-state index contributed by atoms with van der Waals surface area (Å²) in [5.41, 5.74) is 0. The molecule has 18 heavy (non-hydrogen) atoms. The number of nitrogens with one attached hydrogen (secondary N) is 1. The second-order valence-electron chi connectivity index (χ2n) is 4.22. The normalized spacial score (nSPS) is 10.6. The van der Waals surface area contributed by atoms with Gasteiger partial charge in [0.2, 0.25) is 0 Å². The van der Waals surface area contributed by atoms with E-state index in [2.05, 4.69) is 28.3 Å². The average molecular weight is 245 g/mol. The molecule has 0 unspecified atom stereocenters. The van der Waals surface area contributed by atoms with Crippen molar-refractivity contribution in [3.8, 4) is 5.75 Å². The maximum Gasteiger partial charge on any atom is 0.136 e. The van der Waals surface area contributed by atoms with Gasteiger partial charge in [-0.1, -0.05) is 12.1 Å². The fourth-order valence-electron chi connectivity index (χ4n) is 2.03. The molecular formula is C14H19N3O. The summed E-state index contributed by atoms with van der Waals surface area (Å²) in [4.78, 5) is 6.63. The van der Waals surface area contributed by atoms with Gasteiger partial charge in [0.05, 0.1) is 7.11 Å². The summed E-state index contributed by atoms with van der Waals surface area (Å²) < 4.78 is 5.38. The van der Waals surface area contributed by atoms with Gasteiger partial charge in [0.25, 0.3) is 0 Å². The SMILES string of the molecule is CNCCN(C)c1nccc2c(OC)cccc12. The quantitative estimate of drug-likeness (QED) is 0.873. The Hall–Kier alpha value is -1.81. The van der Waals surface area contributed by atoms with Crippen LogP contribution in [0.5, 0.6) is 5.75 Å². The first-order valence-corrected chi connectivity index (χ1v) is 6.05. The standard InChI is InChI=1S/C14H19N3O/c1-15-9-10-17(2)14-12-5-4-6-13(18-3)11(12)7-8-16-14/h4-8,15H,9-10H2,1-3H3. The van der Waals surface area contributed by atoms with Crippen LogP contribution in [-0.2, 0) is 0 Å². The van der Waals surface area contributed by atoms with Gasteiger partial charge in [-0.05, 0) is 19.2 Å². The lowest BCUT2D eigenvalue weighted by Crippen LogP contribution is -2.27. The van der Waals surface area contributed by atoms with Gasteiger partial charge in [-0.25, -0.2) is 4.98 Å². The van der Waals surface area contributed by atoms with Gasteiger partial charge >= 0.3 is 0 Å². The summed E-state index contributed by atoms with van der Waals surface area (Å²) in [6.07, 6.45) is 1.83. The van der Waals surface area contributed by atoms with Crippen molar-refractivity contribution in [3.05, 3.63) is 30.5 Å². The molecule has 1 aromatic heterocycles. The molecule has 2 aromatic rings. The molecule has 2 rings (SSSR count). The van der Waals surface area contributed by atoms with E-state index in [4.69, 9.17) is 4.74 Å². The second-order valence-corrected chi connectivity index (χ2v) is 4.22. The number of likely N-dealkylation sites (N-methyl/N-ethyl adjacent to an activating group) is 2. The lowest BCUT2D eigenvalue weighted by atomic mass is 10.1. The smallest absolute Gasteiger partial charge is 0.136 e. The van der Waals surface area contributed by atoms with Crippen LogP contribution in [0.25, 0.3) is 10.8 Å². The summed E-state index contributed by atoms with van der Waals surface area (Å²) in [6.45, 7) is 1.85. The van der Waals surface area contributed by atoms with Gasteiger partial charge in [-0.15, -0.1) is 0 Å². The van der Waals surface area contributed by atoms with E-state index >= 15 is 0 Å². The van der Waals surface area contributed by atoms with Crippen molar-refractivity contribution in [3.63, 3.8) is 0 Å². The van der Waals surface area contributed by atoms with E-state index in [0.717, 1.165) is 35.4 Å². The third-order valence-corrected chi connectivity index (χ3v) is 3.02. The van der Waals surface area contributed by atoms with E-state index < -0.39 is 0 Å². The maximum absolute atomic E-state index is 5.38. The predicted molar refractivity (Wildman–Crippen MR) is 75.5 cm³/mol. The minimum absolute atomic E-state index is 0.887. The molecule has 1 heterocycles. The zero-order valence-electron chi connectivity index (χ0n) is 11.1. The number of aromatic nitrogens is 1. The summed E-state index contributed by atoms with van der Waals surface area (Å²) in [7, 11) is 5.70. The van der Waals surface area contributed by atoms with E-state index in [9.17, 15) is 0 Å². The van der Waals surface area contributed by atoms with Crippen LogP contribution >= 0.6 is 0 Å². The highest BCUT2D eigenvalue weighted by atomic mass is 16.5. The molecule has 0 aliphatic heterocycles. The zero-order chi connectivity index (χ0) is 13.0. The van der Waals surface area contributed by atoms with Crippen molar-refractivity contribution in [2.24, 2.45) is 0 Å². The maximum atomic E-state index is 5.38. The Morgan fingerprint density at radius 3 is 2.83 bits per heavy atom. The van der Waals surface area contributed by atoms with Crippen LogP contribution in [0.3, 0.4) is 0 Å². The number of fused-ring (bicyclic) bond motifs is 1. The molecule has 0 saturated heterocycles. The lowest BCUT2D eigenvalue weighted by molar-refractivity contribution is 0.420. The molecule has 0 radical (unpaired) electrons. The molecule has 0 spiro atoms. The van der Waals surface area contributed by atoms with Gasteiger partial charge in [0.15, 0.2) is 0 Å². The monoisotopic (exact) mass is 245 g/mol. The number of anilines is 1. The first kappa shape index (κ1) is 12.6. The number of rotatable bonds is 5. The summed E-state index contributed by atoms with van der Waals surface area (Å²) >= 11 is 0. The fraction of sp³-hybridized carbons (Fsp3) is 0.357. The van der Waals surface area contributed by atoms with Crippen molar-refractivity contribution in [2.75, 3.05) is 39.2 Å².